The monoisotopic (exact) mass is 583 g/mol. The van der Waals surface area contributed by atoms with Gasteiger partial charge in [-0.15, -0.1) is 0 Å². The Kier molecular flexibility index (Phi) is 7.72. The fourth-order valence-electron chi connectivity index (χ4n) is 4.62. The number of fused-ring (bicyclic) bond motifs is 1. The maximum absolute atomic E-state index is 14.7. The second-order valence-corrected chi connectivity index (χ2v) is 12.3. The van der Waals surface area contributed by atoms with Crippen molar-refractivity contribution in [3.8, 4) is 11.4 Å². The van der Waals surface area contributed by atoms with Crippen molar-refractivity contribution in [1.82, 2.24) is 20.3 Å². The summed E-state index contributed by atoms with van der Waals surface area (Å²) in [5.41, 5.74) is 2.14. The van der Waals surface area contributed by atoms with Gasteiger partial charge in [0.1, 0.15) is 11.6 Å². The molecule has 5 rings (SSSR count). The number of rotatable bonds is 6. The number of ether oxygens (including phenoxy) is 1. The molecule has 0 bridgehead atoms. The number of benzene rings is 1. The van der Waals surface area contributed by atoms with Crippen molar-refractivity contribution in [3.63, 3.8) is 0 Å². The Morgan fingerprint density at radius 1 is 1.07 bits per heavy atom. The van der Waals surface area contributed by atoms with Gasteiger partial charge in [0.05, 0.1) is 46.2 Å². The molecule has 12 heteroatoms. The molecule has 0 unspecified atom stereocenters. The number of aromatic nitrogens is 3. The molecule has 4 aromatic rings. The zero-order valence-electron chi connectivity index (χ0n) is 22.1. The molecule has 0 radical (unpaired) electrons. The van der Waals surface area contributed by atoms with E-state index in [1.807, 2.05) is 24.8 Å². The first-order chi connectivity index (χ1) is 18.9. The quantitative estimate of drug-likeness (QED) is 0.354. The number of nitrogens with zero attached hydrogens (tertiary/aromatic N) is 4. The van der Waals surface area contributed by atoms with Crippen molar-refractivity contribution in [1.29, 1.82) is 0 Å². The molecule has 40 heavy (non-hydrogen) atoms. The van der Waals surface area contributed by atoms with Crippen molar-refractivity contribution >= 4 is 44.1 Å². The molecule has 1 fully saturated rings. The highest BCUT2D eigenvalue weighted by Crippen LogP contribution is 2.26. The molecule has 1 aliphatic heterocycles. The van der Waals surface area contributed by atoms with Gasteiger partial charge in [-0.05, 0) is 50.2 Å². The minimum atomic E-state index is -3.54. The number of carbonyl (C=O) groups is 1. The summed E-state index contributed by atoms with van der Waals surface area (Å²) in [7, 11) is -3.54. The summed E-state index contributed by atoms with van der Waals surface area (Å²) in [6.07, 6.45) is 2.69. The van der Waals surface area contributed by atoms with Gasteiger partial charge in [-0.1, -0.05) is 11.6 Å². The van der Waals surface area contributed by atoms with Crippen molar-refractivity contribution < 1.29 is 22.3 Å². The molecule has 3 aromatic heterocycles. The van der Waals surface area contributed by atoms with E-state index in [1.165, 1.54) is 30.3 Å². The molecule has 0 spiro atoms. The molecule has 1 saturated heterocycles. The Balaban J connectivity index is 1.37. The number of hydrogen-bond donors (Lipinski definition) is 1. The van der Waals surface area contributed by atoms with E-state index in [0.717, 1.165) is 11.6 Å². The van der Waals surface area contributed by atoms with Gasteiger partial charge in [-0.2, -0.15) is 0 Å². The Bertz CT molecular complexity index is 1710. The van der Waals surface area contributed by atoms with Crippen LogP contribution in [-0.2, 0) is 21.1 Å². The Morgan fingerprint density at radius 2 is 1.82 bits per heavy atom. The topological polar surface area (TPSA) is 114 Å². The molecule has 1 amide bonds. The first-order valence-electron chi connectivity index (χ1n) is 12.6. The lowest BCUT2D eigenvalue weighted by Crippen LogP contribution is -2.45. The third-order valence-electron chi connectivity index (χ3n) is 6.40. The summed E-state index contributed by atoms with van der Waals surface area (Å²) >= 11 is 6.02. The fourth-order valence-corrected chi connectivity index (χ4v) is 5.60. The third-order valence-corrected chi connectivity index (χ3v) is 7.71. The number of hydrogen-bond acceptors (Lipinski definition) is 8. The molecule has 1 N–H and O–H groups in total. The largest absolute Gasteiger partial charge is 0.372 e. The maximum atomic E-state index is 14.7. The van der Waals surface area contributed by atoms with Gasteiger partial charge >= 0.3 is 0 Å². The highest BCUT2D eigenvalue weighted by atomic mass is 35.5. The zero-order valence-corrected chi connectivity index (χ0v) is 23.6. The molecule has 0 saturated carbocycles. The number of anilines is 1. The summed E-state index contributed by atoms with van der Waals surface area (Å²) in [6.45, 7) is 5.23. The molecule has 1 aromatic carbocycles. The summed E-state index contributed by atoms with van der Waals surface area (Å²) in [5, 5.41) is 3.63. The second kappa shape index (κ2) is 11.1. The van der Waals surface area contributed by atoms with Crippen LogP contribution in [0.5, 0.6) is 0 Å². The smallest absolute Gasteiger partial charge is 0.251 e. The number of amides is 1. The zero-order chi connectivity index (χ0) is 28.6. The van der Waals surface area contributed by atoms with Crippen LogP contribution in [0.1, 0.15) is 29.9 Å². The maximum Gasteiger partial charge on any atom is 0.251 e. The minimum absolute atomic E-state index is 0.00286. The van der Waals surface area contributed by atoms with Crippen molar-refractivity contribution in [2.75, 3.05) is 24.2 Å². The van der Waals surface area contributed by atoms with E-state index in [-0.39, 0.29) is 34.2 Å². The van der Waals surface area contributed by atoms with Crippen LogP contribution in [0.25, 0.3) is 22.3 Å². The highest BCUT2D eigenvalue weighted by molar-refractivity contribution is 7.90. The average Bonchev–Trinajstić information content (AvgIpc) is 2.89. The van der Waals surface area contributed by atoms with Gasteiger partial charge in [0, 0.05) is 53.6 Å². The number of pyridine rings is 3. The molecule has 208 valence electrons. The molecule has 1 aliphatic rings. The van der Waals surface area contributed by atoms with Gasteiger partial charge < -0.3 is 15.0 Å². The Labute approximate surface area is 236 Å². The van der Waals surface area contributed by atoms with Crippen LogP contribution in [0.15, 0.2) is 59.6 Å². The van der Waals surface area contributed by atoms with Gasteiger partial charge in [-0.25, -0.2) is 22.8 Å². The molecule has 0 aliphatic carbocycles. The molecule has 9 nitrogen and oxygen atoms in total. The van der Waals surface area contributed by atoms with Gasteiger partial charge in [0.2, 0.25) is 0 Å². The van der Waals surface area contributed by atoms with E-state index in [1.54, 1.807) is 18.3 Å². The van der Waals surface area contributed by atoms with Gasteiger partial charge in [0.25, 0.3) is 5.91 Å². The van der Waals surface area contributed by atoms with Crippen LogP contribution in [0.3, 0.4) is 0 Å². The average molecular weight is 584 g/mol. The van der Waals surface area contributed by atoms with Gasteiger partial charge in [0.15, 0.2) is 9.84 Å². The van der Waals surface area contributed by atoms with Crippen molar-refractivity contribution in [3.05, 3.63) is 76.8 Å². The first-order valence-corrected chi connectivity index (χ1v) is 14.8. The normalized spacial score (nSPS) is 17.7. The van der Waals surface area contributed by atoms with E-state index in [9.17, 15) is 17.6 Å². The lowest BCUT2D eigenvalue weighted by molar-refractivity contribution is -0.00547. The number of morpholine rings is 1. The first kappa shape index (κ1) is 27.9. The summed E-state index contributed by atoms with van der Waals surface area (Å²) in [5.74, 6) is -0.386. The summed E-state index contributed by atoms with van der Waals surface area (Å²) in [6, 6.07) is 12.0. The molecular formula is C28H27ClFN5O4S. The predicted molar refractivity (Wildman–Crippen MR) is 151 cm³/mol. The Hall–Kier alpha value is -3.67. The lowest BCUT2D eigenvalue weighted by atomic mass is 10.1. The van der Waals surface area contributed by atoms with E-state index in [4.69, 9.17) is 21.3 Å². The predicted octanol–water partition coefficient (Wildman–Crippen LogP) is 4.43. The number of sulfone groups is 1. The molecule has 4 heterocycles. The van der Waals surface area contributed by atoms with E-state index < -0.39 is 21.6 Å². The SMILES string of the molecule is C[C@@H]1CN(c2cc(F)cc(-c3ccc4cnc(CNC(=O)c5cc(Cl)cc(S(C)(=O)=O)c5)cc4n3)n2)C[C@H](C)O1. The number of halogens is 2. The fraction of sp³-hybridized carbons (Fsp3) is 0.286. The van der Waals surface area contributed by atoms with Crippen LogP contribution < -0.4 is 10.2 Å². The molecule has 2 atom stereocenters. The van der Waals surface area contributed by atoms with Crippen LogP contribution in [0.2, 0.25) is 5.02 Å². The van der Waals surface area contributed by atoms with E-state index in [2.05, 4.69) is 15.3 Å². The third kappa shape index (κ3) is 6.38. The van der Waals surface area contributed by atoms with Crippen LogP contribution in [-0.4, -0.2) is 60.8 Å². The summed E-state index contributed by atoms with van der Waals surface area (Å²) < 4.78 is 44.2. The minimum Gasteiger partial charge on any atom is -0.372 e. The van der Waals surface area contributed by atoms with Crippen molar-refractivity contribution in [2.45, 2.75) is 37.5 Å². The van der Waals surface area contributed by atoms with E-state index in [0.29, 0.717) is 41.5 Å². The standard InChI is InChI=1S/C28H27ClFN5O4S/c1-16-14-35(15-17(2)39-16)27-10-21(30)9-26(34-27)24-5-4-18-12-31-22(11-25(18)33-24)13-32-28(36)19-6-20(29)8-23(7-19)40(3,37)38/h4-12,16-17H,13-15H2,1-3H3,(H,32,36)/t16-,17+. The van der Waals surface area contributed by atoms with Crippen LogP contribution in [0.4, 0.5) is 10.2 Å². The van der Waals surface area contributed by atoms with Crippen LogP contribution >= 0.6 is 11.6 Å². The van der Waals surface area contributed by atoms with Crippen LogP contribution in [0, 0.1) is 5.82 Å². The lowest BCUT2D eigenvalue weighted by Gasteiger charge is -2.36. The van der Waals surface area contributed by atoms with E-state index >= 15 is 0 Å². The van der Waals surface area contributed by atoms with Gasteiger partial charge in [-0.3, -0.25) is 9.78 Å². The second-order valence-electron chi connectivity index (χ2n) is 9.89. The number of carbonyl (C=O) groups excluding carboxylic acids is 1. The molecular weight excluding hydrogens is 557 g/mol. The highest BCUT2D eigenvalue weighted by Gasteiger charge is 2.24. The summed E-state index contributed by atoms with van der Waals surface area (Å²) in [4.78, 5) is 28.5. The number of nitrogens with one attached hydrogen (secondary N) is 1. The Morgan fingerprint density at radius 3 is 2.55 bits per heavy atom. The van der Waals surface area contributed by atoms with Crippen molar-refractivity contribution in [2.24, 2.45) is 0 Å².